The zero-order chi connectivity index (χ0) is 23.2. The Kier molecular flexibility index (Phi) is 5.80. The molecule has 0 radical (unpaired) electrons. The lowest BCUT2D eigenvalue weighted by Gasteiger charge is -2.40. The molecular formula is C24H26N4O3S2. The van der Waals surface area contributed by atoms with Crippen molar-refractivity contribution >= 4 is 37.5 Å². The Bertz CT molecular complexity index is 1310. The summed E-state index contributed by atoms with van der Waals surface area (Å²) in [6.07, 6.45) is 5.53. The van der Waals surface area contributed by atoms with Crippen molar-refractivity contribution < 1.29 is 13.2 Å². The number of carbonyl (C=O) groups excluding carboxylic acids is 1. The number of fused-ring (bicyclic) bond motifs is 3. The maximum absolute atomic E-state index is 14.0. The maximum atomic E-state index is 14.0. The quantitative estimate of drug-likeness (QED) is 0.517. The number of thiazole rings is 1. The molecule has 1 unspecified atom stereocenters. The van der Waals surface area contributed by atoms with E-state index >= 15 is 0 Å². The van der Waals surface area contributed by atoms with Gasteiger partial charge in [0.15, 0.2) is 0 Å². The van der Waals surface area contributed by atoms with Gasteiger partial charge in [0.2, 0.25) is 15.9 Å². The number of hydrogen-bond donors (Lipinski definition) is 0. The van der Waals surface area contributed by atoms with Crippen molar-refractivity contribution in [1.82, 2.24) is 19.2 Å². The lowest BCUT2D eigenvalue weighted by molar-refractivity contribution is -0.135. The molecule has 0 aliphatic carbocycles. The summed E-state index contributed by atoms with van der Waals surface area (Å²) in [5.41, 5.74) is 1.57. The van der Waals surface area contributed by atoms with Crippen molar-refractivity contribution in [3.05, 3.63) is 66.0 Å². The van der Waals surface area contributed by atoms with Crippen LogP contribution in [0.3, 0.4) is 0 Å². The Morgan fingerprint density at radius 2 is 2.09 bits per heavy atom. The average Bonchev–Trinajstić information content (AvgIpc) is 3.18. The molecule has 3 atom stereocenters. The predicted octanol–water partition coefficient (Wildman–Crippen LogP) is 3.76. The summed E-state index contributed by atoms with van der Waals surface area (Å²) in [5.74, 6) is -0.319. The van der Waals surface area contributed by atoms with Crippen LogP contribution in [0.5, 0.6) is 0 Å². The molecule has 9 heteroatoms. The fourth-order valence-electron chi connectivity index (χ4n) is 5.03. The van der Waals surface area contributed by atoms with Gasteiger partial charge in [-0.2, -0.15) is 4.31 Å². The molecule has 1 aromatic carbocycles. The Balaban J connectivity index is 1.55. The number of amides is 1. The van der Waals surface area contributed by atoms with Gasteiger partial charge in [0.05, 0.1) is 32.4 Å². The number of benzene rings is 1. The third-order valence-electron chi connectivity index (χ3n) is 6.56. The fourth-order valence-corrected chi connectivity index (χ4v) is 7.87. The molecule has 5 rings (SSSR count). The second kappa shape index (κ2) is 8.62. The van der Waals surface area contributed by atoms with Crippen LogP contribution in [0, 0.1) is 12.8 Å². The summed E-state index contributed by atoms with van der Waals surface area (Å²) in [6, 6.07) is 9.63. The van der Waals surface area contributed by atoms with Crippen LogP contribution in [0.1, 0.15) is 30.0 Å². The molecule has 1 amide bonds. The molecule has 0 saturated carbocycles. The molecule has 2 aliphatic rings. The van der Waals surface area contributed by atoms with Crippen LogP contribution in [0.25, 0.3) is 10.2 Å². The molecule has 2 fully saturated rings. The van der Waals surface area contributed by atoms with Gasteiger partial charge in [-0.05, 0) is 56.5 Å². The second-order valence-corrected chi connectivity index (χ2v) is 11.7. The number of carbonyl (C=O) groups is 1. The van der Waals surface area contributed by atoms with Crippen molar-refractivity contribution in [3.63, 3.8) is 0 Å². The van der Waals surface area contributed by atoms with Gasteiger partial charge in [0.1, 0.15) is 6.04 Å². The van der Waals surface area contributed by atoms with E-state index in [1.165, 1.54) is 15.6 Å². The summed E-state index contributed by atoms with van der Waals surface area (Å²) >= 11 is 1.47. The molecule has 4 heterocycles. The van der Waals surface area contributed by atoms with Gasteiger partial charge in [-0.3, -0.25) is 9.78 Å². The third-order valence-corrected chi connectivity index (χ3v) is 9.42. The Morgan fingerprint density at radius 3 is 2.85 bits per heavy atom. The van der Waals surface area contributed by atoms with Gasteiger partial charge < -0.3 is 4.90 Å². The minimum atomic E-state index is -3.90. The van der Waals surface area contributed by atoms with Gasteiger partial charge in [-0.15, -0.1) is 17.9 Å². The van der Waals surface area contributed by atoms with Crippen LogP contribution in [0.15, 0.2) is 60.1 Å². The lowest BCUT2D eigenvalue weighted by atomic mass is 9.90. The van der Waals surface area contributed by atoms with Crippen molar-refractivity contribution in [3.8, 4) is 0 Å². The topological polar surface area (TPSA) is 83.5 Å². The summed E-state index contributed by atoms with van der Waals surface area (Å²) in [5, 5.41) is 0.887. The molecule has 2 aromatic heterocycles. The van der Waals surface area contributed by atoms with Crippen LogP contribution in [-0.2, 0) is 21.4 Å². The first kappa shape index (κ1) is 22.2. The fraction of sp³-hybridized carbons (Fsp3) is 0.375. The van der Waals surface area contributed by atoms with E-state index in [1.54, 1.807) is 35.4 Å². The van der Waals surface area contributed by atoms with Crippen LogP contribution < -0.4 is 0 Å². The third kappa shape index (κ3) is 3.98. The average molecular weight is 483 g/mol. The van der Waals surface area contributed by atoms with Gasteiger partial charge in [0.25, 0.3) is 0 Å². The van der Waals surface area contributed by atoms with E-state index in [0.29, 0.717) is 25.9 Å². The largest absolute Gasteiger partial charge is 0.335 e. The van der Waals surface area contributed by atoms with Gasteiger partial charge >= 0.3 is 0 Å². The molecule has 2 aliphatic heterocycles. The van der Waals surface area contributed by atoms with Crippen molar-refractivity contribution in [2.45, 2.75) is 49.7 Å². The number of pyridine rings is 1. The highest BCUT2D eigenvalue weighted by molar-refractivity contribution is 7.89. The second-order valence-electron chi connectivity index (χ2n) is 8.65. The highest BCUT2D eigenvalue weighted by Crippen LogP contribution is 2.38. The van der Waals surface area contributed by atoms with Crippen LogP contribution in [-0.4, -0.2) is 52.1 Å². The molecule has 2 bridgehead atoms. The molecule has 0 spiro atoms. The zero-order valence-electron chi connectivity index (χ0n) is 18.4. The minimum absolute atomic E-state index is 0.159. The van der Waals surface area contributed by atoms with Crippen LogP contribution in [0.4, 0.5) is 0 Å². The molecule has 0 N–H and O–H groups in total. The standard InChI is InChI=1S/C24H26N4O3S2/c1-3-17-14-27(15-18-7-4-5-12-25-18)24(29)22-9-6-8-21(17)28(22)33(30,31)19-10-11-20-23(13-19)32-16(2)26-20/h3-5,7,10-13,17,21-22H,1,6,8-9,14-15H2,2H3/t17-,21-,22?/m0/s1. The highest BCUT2D eigenvalue weighted by atomic mass is 32.2. The molecule has 33 heavy (non-hydrogen) atoms. The van der Waals surface area contributed by atoms with Gasteiger partial charge in [0, 0.05) is 24.7 Å². The SMILES string of the molecule is C=C[C@H]1CN(Cc2ccccn2)C(=O)C2CCC[C@@H]1N2S(=O)(=O)c1ccc2nc(C)sc2c1. The first-order chi connectivity index (χ1) is 15.9. The summed E-state index contributed by atoms with van der Waals surface area (Å²) in [4.78, 5) is 24.4. The number of sulfonamides is 1. The van der Waals surface area contributed by atoms with E-state index in [-0.39, 0.29) is 22.8 Å². The van der Waals surface area contributed by atoms with E-state index < -0.39 is 16.1 Å². The number of aromatic nitrogens is 2. The van der Waals surface area contributed by atoms with Gasteiger partial charge in [-0.1, -0.05) is 12.1 Å². The van der Waals surface area contributed by atoms with Crippen molar-refractivity contribution in [1.29, 1.82) is 0 Å². The van der Waals surface area contributed by atoms with E-state index in [0.717, 1.165) is 27.3 Å². The first-order valence-electron chi connectivity index (χ1n) is 11.1. The number of hydrogen-bond acceptors (Lipinski definition) is 6. The summed E-state index contributed by atoms with van der Waals surface area (Å²) < 4.78 is 30.3. The maximum Gasteiger partial charge on any atom is 0.244 e. The number of aryl methyl sites for hydroxylation is 1. The lowest BCUT2D eigenvalue weighted by Crippen LogP contribution is -2.54. The van der Waals surface area contributed by atoms with E-state index in [9.17, 15) is 13.2 Å². The summed E-state index contributed by atoms with van der Waals surface area (Å²) in [6.45, 7) is 6.68. The summed E-state index contributed by atoms with van der Waals surface area (Å²) in [7, 11) is -3.90. The number of nitrogens with zero attached hydrogens (tertiary/aromatic N) is 4. The Morgan fingerprint density at radius 1 is 1.24 bits per heavy atom. The minimum Gasteiger partial charge on any atom is -0.335 e. The molecule has 7 nitrogen and oxygen atoms in total. The van der Waals surface area contributed by atoms with Crippen molar-refractivity contribution in [2.75, 3.05) is 6.54 Å². The van der Waals surface area contributed by atoms with E-state index in [4.69, 9.17) is 0 Å². The Hall–Kier alpha value is -2.62. The number of piperidine rings is 1. The van der Waals surface area contributed by atoms with Crippen LogP contribution >= 0.6 is 11.3 Å². The highest BCUT2D eigenvalue weighted by Gasteiger charge is 2.49. The predicted molar refractivity (Wildman–Crippen MR) is 128 cm³/mol. The number of rotatable bonds is 5. The smallest absolute Gasteiger partial charge is 0.244 e. The monoisotopic (exact) mass is 482 g/mol. The Labute approximate surface area is 197 Å². The molecule has 172 valence electrons. The molecule has 2 saturated heterocycles. The first-order valence-corrected chi connectivity index (χ1v) is 13.4. The zero-order valence-corrected chi connectivity index (χ0v) is 20.1. The molecular weight excluding hydrogens is 456 g/mol. The van der Waals surface area contributed by atoms with Crippen LogP contribution in [0.2, 0.25) is 0 Å². The van der Waals surface area contributed by atoms with E-state index in [1.807, 2.05) is 25.1 Å². The molecule has 3 aromatic rings. The normalized spacial score (nSPS) is 24.1. The van der Waals surface area contributed by atoms with Gasteiger partial charge in [-0.25, -0.2) is 13.4 Å². The van der Waals surface area contributed by atoms with Crippen molar-refractivity contribution in [2.24, 2.45) is 5.92 Å². The van der Waals surface area contributed by atoms with E-state index in [2.05, 4.69) is 16.5 Å².